The highest BCUT2D eigenvalue weighted by molar-refractivity contribution is 8.18. The molecule has 4 rings (SSSR count). The highest BCUT2D eigenvalue weighted by Crippen LogP contribution is 2.33. The number of halogens is 1. The molecule has 160 valence electrons. The van der Waals surface area contributed by atoms with E-state index in [1.165, 1.54) is 4.90 Å². The van der Waals surface area contributed by atoms with Crippen molar-refractivity contribution in [3.63, 3.8) is 0 Å². The number of benzene rings is 3. The van der Waals surface area contributed by atoms with Gasteiger partial charge in [-0.15, -0.1) is 0 Å². The van der Waals surface area contributed by atoms with E-state index < -0.39 is 5.97 Å². The Balaban J connectivity index is 1.44. The second-order valence-electron chi connectivity index (χ2n) is 7.19. The zero-order valence-corrected chi connectivity index (χ0v) is 18.7. The van der Waals surface area contributed by atoms with E-state index in [2.05, 4.69) is 0 Å². The van der Waals surface area contributed by atoms with Crippen molar-refractivity contribution < 1.29 is 19.1 Å². The fraction of sp³-hybridized carbons (Fsp3) is 0.0800. The summed E-state index contributed by atoms with van der Waals surface area (Å²) < 4.78 is 5.36. The Morgan fingerprint density at radius 1 is 1.00 bits per heavy atom. The fourth-order valence-corrected chi connectivity index (χ4v) is 4.14. The van der Waals surface area contributed by atoms with Gasteiger partial charge in [0.15, 0.2) is 0 Å². The van der Waals surface area contributed by atoms with Gasteiger partial charge in [0.2, 0.25) is 0 Å². The summed E-state index contributed by atoms with van der Waals surface area (Å²) in [7, 11) is 0. The minimum absolute atomic E-state index is 0.235. The van der Waals surface area contributed by atoms with Crippen LogP contribution >= 0.6 is 23.4 Å². The van der Waals surface area contributed by atoms with Crippen molar-refractivity contribution in [2.75, 3.05) is 0 Å². The van der Waals surface area contributed by atoms with Crippen LogP contribution in [0.15, 0.2) is 77.7 Å². The summed E-state index contributed by atoms with van der Waals surface area (Å²) in [6.45, 7) is 2.22. The maximum absolute atomic E-state index is 12.7. The maximum Gasteiger partial charge on any atom is 0.345 e. The number of imide groups is 1. The van der Waals surface area contributed by atoms with Crippen molar-refractivity contribution in [1.29, 1.82) is 0 Å². The number of thioether (sulfide) groups is 1. The maximum atomic E-state index is 12.7. The molecule has 2 amide bonds. The number of aryl methyl sites for hydroxylation is 1. The topological polar surface area (TPSA) is 63.7 Å². The number of esters is 1. The second kappa shape index (κ2) is 9.42. The molecule has 0 spiro atoms. The average Bonchev–Trinajstić information content (AvgIpc) is 3.04. The minimum atomic E-state index is -0.555. The quantitative estimate of drug-likeness (QED) is 0.260. The molecule has 1 aliphatic heterocycles. The molecule has 3 aromatic rings. The van der Waals surface area contributed by atoms with Gasteiger partial charge in [-0.2, -0.15) is 0 Å². The second-order valence-corrected chi connectivity index (χ2v) is 8.59. The van der Waals surface area contributed by atoms with E-state index >= 15 is 0 Å². The fourth-order valence-electron chi connectivity index (χ4n) is 3.08. The molecule has 0 unspecified atom stereocenters. The summed E-state index contributed by atoms with van der Waals surface area (Å²) >= 11 is 6.94. The molecule has 3 aromatic carbocycles. The molecular formula is C25H18ClNO4S. The Kier molecular flexibility index (Phi) is 6.44. The van der Waals surface area contributed by atoms with E-state index in [1.807, 2.05) is 31.2 Å². The van der Waals surface area contributed by atoms with Gasteiger partial charge in [0.1, 0.15) is 5.75 Å². The molecule has 0 bridgehead atoms. The van der Waals surface area contributed by atoms with Crippen LogP contribution < -0.4 is 4.74 Å². The molecule has 1 saturated heterocycles. The van der Waals surface area contributed by atoms with Crippen molar-refractivity contribution in [3.8, 4) is 5.75 Å². The monoisotopic (exact) mass is 463 g/mol. The molecule has 0 aliphatic carbocycles. The normalized spacial score (nSPS) is 14.8. The summed E-state index contributed by atoms with van der Waals surface area (Å²) in [5, 5.41) is 0.0163. The van der Waals surface area contributed by atoms with Gasteiger partial charge in [-0.3, -0.25) is 14.5 Å². The van der Waals surface area contributed by atoms with Crippen molar-refractivity contribution in [2.45, 2.75) is 13.5 Å². The van der Waals surface area contributed by atoms with Crippen LogP contribution in [0.25, 0.3) is 6.08 Å². The molecule has 1 aliphatic rings. The smallest absolute Gasteiger partial charge is 0.345 e. The number of ether oxygens (including phenoxy) is 1. The Morgan fingerprint density at radius 2 is 1.69 bits per heavy atom. The zero-order chi connectivity index (χ0) is 22.7. The molecule has 0 radical (unpaired) electrons. The number of amides is 2. The molecule has 7 heteroatoms. The summed E-state index contributed by atoms with van der Waals surface area (Å²) in [6, 6.07) is 21.0. The lowest BCUT2D eigenvalue weighted by atomic mass is 10.1. The highest BCUT2D eigenvalue weighted by atomic mass is 35.5. The lowest BCUT2D eigenvalue weighted by Crippen LogP contribution is -2.27. The first kappa shape index (κ1) is 21.9. The van der Waals surface area contributed by atoms with Crippen LogP contribution in [0.3, 0.4) is 0 Å². The van der Waals surface area contributed by atoms with Crippen LogP contribution in [0.1, 0.15) is 27.0 Å². The molecule has 5 nitrogen and oxygen atoms in total. The Morgan fingerprint density at radius 3 is 2.38 bits per heavy atom. The van der Waals surface area contributed by atoms with Crippen LogP contribution in [-0.4, -0.2) is 22.0 Å². The number of hydrogen-bond acceptors (Lipinski definition) is 5. The zero-order valence-electron chi connectivity index (χ0n) is 17.1. The van der Waals surface area contributed by atoms with Gasteiger partial charge in [0.25, 0.3) is 11.1 Å². The van der Waals surface area contributed by atoms with Gasteiger partial charge in [-0.05, 0) is 60.2 Å². The van der Waals surface area contributed by atoms with Crippen molar-refractivity contribution in [2.24, 2.45) is 0 Å². The summed E-state index contributed by atoms with van der Waals surface area (Å²) in [4.78, 5) is 38.9. The number of nitrogens with zero attached hydrogens (tertiary/aromatic N) is 1. The van der Waals surface area contributed by atoms with Crippen LogP contribution in [0.5, 0.6) is 5.75 Å². The Labute approximate surface area is 194 Å². The average molecular weight is 464 g/mol. The number of carbonyl (C=O) groups is 3. The first-order valence-electron chi connectivity index (χ1n) is 9.78. The molecule has 0 N–H and O–H groups in total. The van der Waals surface area contributed by atoms with Gasteiger partial charge >= 0.3 is 5.97 Å². The molecular weight excluding hydrogens is 446 g/mol. The van der Waals surface area contributed by atoms with Crippen molar-refractivity contribution in [3.05, 3.63) is 105 Å². The van der Waals surface area contributed by atoms with Crippen LogP contribution in [0.4, 0.5) is 4.79 Å². The van der Waals surface area contributed by atoms with Gasteiger partial charge < -0.3 is 4.74 Å². The first-order chi connectivity index (χ1) is 15.4. The van der Waals surface area contributed by atoms with E-state index in [4.69, 9.17) is 16.3 Å². The highest BCUT2D eigenvalue weighted by Gasteiger charge is 2.34. The third-order valence-electron chi connectivity index (χ3n) is 4.82. The predicted octanol–water partition coefficient (Wildman–Crippen LogP) is 6.10. The molecule has 0 aromatic heterocycles. The Hall–Kier alpha value is -3.35. The third-order valence-corrected chi connectivity index (χ3v) is 6.05. The predicted molar refractivity (Wildman–Crippen MR) is 126 cm³/mol. The molecule has 0 atom stereocenters. The largest absolute Gasteiger partial charge is 0.423 e. The summed E-state index contributed by atoms with van der Waals surface area (Å²) in [5.74, 6) is -0.532. The molecule has 1 heterocycles. The summed E-state index contributed by atoms with van der Waals surface area (Å²) in [6.07, 6.45) is 1.65. The minimum Gasteiger partial charge on any atom is -0.423 e. The Bertz CT molecular complexity index is 1220. The molecule has 32 heavy (non-hydrogen) atoms. The van der Waals surface area contributed by atoms with Gasteiger partial charge in [-0.25, -0.2) is 4.79 Å². The number of carbonyl (C=O) groups excluding carboxylic acids is 3. The van der Waals surface area contributed by atoms with Crippen molar-refractivity contribution >= 4 is 46.6 Å². The first-order valence-corrected chi connectivity index (χ1v) is 11.0. The van der Waals surface area contributed by atoms with Gasteiger partial charge in [0, 0.05) is 0 Å². The summed E-state index contributed by atoms with van der Waals surface area (Å²) in [5.41, 5.74) is 3.00. The third kappa shape index (κ3) is 4.93. The number of rotatable bonds is 5. The van der Waals surface area contributed by atoms with Crippen LogP contribution in [-0.2, 0) is 11.3 Å². The van der Waals surface area contributed by atoms with E-state index in [0.29, 0.717) is 21.2 Å². The molecule has 0 saturated carbocycles. The van der Waals surface area contributed by atoms with E-state index in [-0.39, 0.29) is 23.3 Å². The lowest BCUT2D eigenvalue weighted by molar-refractivity contribution is -0.123. The lowest BCUT2D eigenvalue weighted by Gasteiger charge is -2.12. The van der Waals surface area contributed by atoms with Crippen LogP contribution in [0, 0.1) is 6.92 Å². The van der Waals surface area contributed by atoms with E-state index in [9.17, 15) is 14.4 Å². The number of hydrogen-bond donors (Lipinski definition) is 0. The van der Waals surface area contributed by atoms with Crippen LogP contribution in [0.2, 0.25) is 5.02 Å². The van der Waals surface area contributed by atoms with Gasteiger partial charge in [-0.1, -0.05) is 65.7 Å². The van der Waals surface area contributed by atoms with E-state index in [1.54, 1.807) is 54.6 Å². The van der Waals surface area contributed by atoms with Crippen molar-refractivity contribution in [1.82, 2.24) is 4.90 Å². The molecule has 1 fully saturated rings. The SMILES string of the molecule is Cc1ccc(CN2C(=O)S/C(=C\c3ccc(OC(=O)c4ccccc4Cl)cc3)C2=O)cc1. The standard InChI is InChI=1S/C25H18ClNO4S/c1-16-6-8-18(9-7-16)15-27-23(28)22(32-25(27)30)14-17-10-12-19(13-11-17)31-24(29)20-4-2-3-5-21(20)26/h2-14H,15H2,1H3/b22-14-. The van der Waals surface area contributed by atoms with Gasteiger partial charge in [0.05, 0.1) is 22.0 Å². The van der Waals surface area contributed by atoms with E-state index in [0.717, 1.165) is 22.9 Å².